The molecule has 4 heterocycles. The van der Waals surface area contributed by atoms with Gasteiger partial charge in [-0.05, 0) is 65.2 Å². The van der Waals surface area contributed by atoms with Crippen molar-refractivity contribution in [2.24, 2.45) is 0 Å². The Morgan fingerprint density at radius 2 is 1.46 bits per heavy atom. The van der Waals surface area contributed by atoms with E-state index in [0.717, 1.165) is 72.2 Å². The van der Waals surface area contributed by atoms with E-state index in [4.69, 9.17) is 14.1 Å². The first-order valence-electron chi connectivity index (χ1n) is 17.4. The Hall–Kier alpha value is -5.06. The Morgan fingerprint density at radius 3 is 2.25 bits per heavy atom. The van der Waals surface area contributed by atoms with Crippen LogP contribution in [0, 0.1) is 18.8 Å². The van der Waals surface area contributed by atoms with E-state index in [-0.39, 0.29) is 31.9 Å². The fourth-order valence-electron chi connectivity index (χ4n) is 7.27. The number of para-hydroxylation sites is 2. The van der Waals surface area contributed by atoms with Crippen molar-refractivity contribution in [2.45, 2.75) is 52.4 Å². The first kappa shape index (κ1) is 34.0. The van der Waals surface area contributed by atoms with Crippen LogP contribution in [0.4, 0.5) is 17.1 Å². The fourth-order valence-corrected chi connectivity index (χ4v) is 7.27. The number of hydrogen-bond donors (Lipinski definition) is 0. The second-order valence-corrected chi connectivity index (χ2v) is 15.6. The van der Waals surface area contributed by atoms with E-state index in [1.807, 2.05) is 24.4 Å². The number of rotatable bonds is 4. The number of benzene rings is 5. The molecule has 0 bridgehead atoms. The van der Waals surface area contributed by atoms with Crippen LogP contribution in [-0.4, -0.2) is 16.6 Å². The molecular weight excluding hydrogens is 824 g/mol. The van der Waals surface area contributed by atoms with Crippen molar-refractivity contribution in [1.29, 1.82) is 0 Å². The maximum Gasteiger partial charge on any atom is 0.137 e. The molecule has 52 heavy (non-hydrogen) atoms. The number of nitrogens with zero attached hydrogens (tertiary/aromatic N) is 4. The minimum atomic E-state index is -0.134. The predicted octanol–water partition coefficient (Wildman–Crippen LogP) is 11.8. The van der Waals surface area contributed by atoms with Gasteiger partial charge in [0.1, 0.15) is 17.0 Å². The van der Waals surface area contributed by atoms with Crippen LogP contribution in [0.3, 0.4) is 0 Å². The quantitative estimate of drug-likeness (QED) is 0.165. The molecule has 0 saturated carbocycles. The van der Waals surface area contributed by atoms with Gasteiger partial charge in [0, 0.05) is 61.0 Å². The summed E-state index contributed by atoms with van der Waals surface area (Å²) >= 11 is 0. The van der Waals surface area contributed by atoms with Gasteiger partial charge >= 0.3 is 0 Å². The SMILES string of the molecule is CN1[CH-]N(c2[c-]c(Oc3[c-]c4c(cc3)c3ccccc3n4-c3cc(C(C)(C)C)ccn3)cc(C(C)(C)C)c2)c2ccc3oc4ccccc4c3c21.[Pt]. The average Bonchev–Trinajstić information content (AvgIpc) is 3.76. The zero-order chi connectivity index (χ0) is 35.2. The van der Waals surface area contributed by atoms with Gasteiger partial charge in [-0.25, -0.2) is 4.98 Å². The molecule has 7 heteroatoms. The van der Waals surface area contributed by atoms with Crippen molar-refractivity contribution in [3.05, 3.63) is 133 Å². The van der Waals surface area contributed by atoms with E-state index in [0.29, 0.717) is 11.5 Å². The molecule has 0 saturated heterocycles. The van der Waals surface area contributed by atoms with Crippen LogP contribution in [0.5, 0.6) is 11.5 Å². The van der Waals surface area contributed by atoms with Crippen molar-refractivity contribution >= 4 is 60.8 Å². The molecule has 0 aliphatic carbocycles. The van der Waals surface area contributed by atoms with Gasteiger partial charge in [0.25, 0.3) is 0 Å². The third-order valence-corrected chi connectivity index (χ3v) is 9.97. The Bertz CT molecular complexity index is 2660. The van der Waals surface area contributed by atoms with Gasteiger partial charge < -0.3 is 23.5 Å². The number of anilines is 3. The van der Waals surface area contributed by atoms with Crippen LogP contribution < -0.4 is 14.5 Å². The van der Waals surface area contributed by atoms with Crippen molar-refractivity contribution < 1.29 is 30.2 Å². The number of hydrogen-bond acceptors (Lipinski definition) is 5. The second kappa shape index (κ2) is 12.3. The molecule has 0 fully saturated rings. The van der Waals surface area contributed by atoms with E-state index in [9.17, 15) is 0 Å². The number of aromatic nitrogens is 2. The molecule has 1 aliphatic rings. The zero-order valence-corrected chi connectivity index (χ0v) is 32.6. The van der Waals surface area contributed by atoms with Crippen LogP contribution in [0.25, 0.3) is 49.6 Å². The maximum absolute atomic E-state index is 6.70. The minimum absolute atomic E-state index is 0. The molecule has 264 valence electrons. The Balaban J connectivity index is 0.00000387. The summed E-state index contributed by atoms with van der Waals surface area (Å²) in [5.41, 5.74) is 9.03. The third-order valence-electron chi connectivity index (χ3n) is 9.97. The van der Waals surface area contributed by atoms with Crippen LogP contribution >= 0.6 is 0 Å². The summed E-state index contributed by atoms with van der Waals surface area (Å²) in [5.74, 6) is 2.10. The van der Waals surface area contributed by atoms with Crippen molar-refractivity contribution in [3.63, 3.8) is 0 Å². The maximum atomic E-state index is 6.70. The molecule has 0 unspecified atom stereocenters. The van der Waals surface area contributed by atoms with E-state index in [2.05, 4.69) is 161 Å². The van der Waals surface area contributed by atoms with E-state index in [1.54, 1.807) is 0 Å². The van der Waals surface area contributed by atoms with E-state index >= 15 is 0 Å². The van der Waals surface area contributed by atoms with Gasteiger partial charge in [-0.3, -0.25) is 0 Å². The number of furan rings is 1. The standard InChI is InChI=1S/C45H39N4O2.Pt/c1-44(2,3)28-20-21-46-41(24-28)49-36-14-10-8-12-33(36)34-17-16-31(26-38(34)49)50-32-23-29(45(4,5)6)22-30(25-32)48-27-47(7)43-37(48)18-19-40-42(43)35-13-9-11-15-39(35)51-40;/h8-24,27H,1-7H3;/q-3;. The van der Waals surface area contributed by atoms with Gasteiger partial charge in [0.05, 0.1) is 5.39 Å². The van der Waals surface area contributed by atoms with Crippen molar-refractivity contribution in [3.8, 4) is 17.3 Å². The third kappa shape index (κ3) is 5.56. The van der Waals surface area contributed by atoms with Crippen LogP contribution in [-0.2, 0) is 31.9 Å². The summed E-state index contributed by atoms with van der Waals surface area (Å²) in [5, 5.41) is 4.45. The minimum Gasteiger partial charge on any atom is -0.509 e. The molecule has 3 aromatic heterocycles. The van der Waals surface area contributed by atoms with E-state index in [1.165, 1.54) is 5.56 Å². The molecule has 0 N–H and O–H groups in total. The first-order valence-corrected chi connectivity index (χ1v) is 17.4. The van der Waals surface area contributed by atoms with Crippen molar-refractivity contribution in [2.75, 3.05) is 16.8 Å². The summed E-state index contributed by atoms with van der Waals surface area (Å²) in [6, 6.07) is 40.8. The Labute approximate surface area is 318 Å². The van der Waals surface area contributed by atoms with E-state index < -0.39 is 0 Å². The number of fused-ring (bicyclic) bond motifs is 8. The van der Waals surface area contributed by atoms with Crippen molar-refractivity contribution in [1.82, 2.24) is 9.55 Å². The normalized spacial score (nSPS) is 13.4. The second-order valence-electron chi connectivity index (χ2n) is 15.6. The first-order chi connectivity index (χ1) is 24.4. The van der Waals surface area contributed by atoms with Gasteiger partial charge in [0.2, 0.25) is 0 Å². The summed E-state index contributed by atoms with van der Waals surface area (Å²) in [6.07, 6.45) is 1.90. The molecule has 0 atom stereocenters. The predicted molar refractivity (Wildman–Crippen MR) is 209 cm³/mol. The number of ether oxygens (including phenoxy) is 1. The summed E-state index contributed by atoms with van der Waals surface area (Å²) < 4.78 is 15.1. The molecular formula is C45H39N4O2Pt-3. The van der Waals surface area contributed by atoms with Crippen LogP contribution in [0.2, 0.25) is 0 Å². The summed E-state index contributed by atoms with van der Waals surface area (Å²) in [4.78, 5) is 9.20. The molecule has 0 amide bonds. The molecule has 0 spiro atoms. The molecule has 9 rings (SSSR count). The van der Waals surface area contributed by atoms with Crippen LogP contribution in [0.15, 0.2) is 108 Å². The average molecular weight is 863 g/mol. The largest absolute Gasteiger partial charge is 0.509 e. The van der Waals surface area contributed by atoms with Gasteiger partial charge in [-0.15, -0.1) is 47.0 Å². The van der Waals surface area contributed by atoms with Gasteiger partial charge in [-0.1, -0.05) is 83.5 Å². The molecule has 8 aromatic rings. The van der Waals surface area contributed by atoms with Crippen LogP contribution in [0.1, 0.15) is 52.7 Å². The smallest absolute Gasteiger partial charge is 0.137 e. The Kier molecular flexibility index (Phi) is 8.04. The fraction of sp³-hybridized carbons (Fsp3) is 0.200. The Morgan fingerprint density at radius 1 is 0.712 bits per heavy atom. The van der Waals surface area contributed by atoms with Gasteiger partial charge in [0.15, 0.2) is 0 Å². The zero-order valence-electron chi connectivity index (χ0n) is 30.3. The monoisotopic (exact) mass is 862 g/mol. The summed E-state index contributed by atoms with van der Waals surface area (Å²) in [7, 11) is 2.08. The molecule has 0 radical (unpaired) electrons. The molecule has 6 nitrogen and oxygen atoms in total. The summed E-state index contributed by atoms with van der Waals surface area (Å²) in [6.45, 7) is 15.5. The molecule has 5 aromatic carbocycles. The topological polar surface area (TPSA) is 46.7 Å². The van der Waals surface area contributed by atoms with Gasteiger partial charge in [-0.2, -0.15) is 12.7 Å². The number of pyridine rings is 1. The molecule has 1 aliphatic heterocycles.